The van der Waals surface area contributed by atoms with E-state index in [2.05, 4.69) is 152 Å². The van der Waals surface area contributed by atoms with Gasteiger partial charge in [-0.3, -0.25) is 0 Å². The van der Waals surface area contributed by atoms with Crippen molar-refractivity contribution in [3.05, 3.63) is 132 Å². The van der Waals surface area contributed by atoms with Gasteiger partial charge in [-0.25, -0.2) is 0 Å². The lowest BCUT2D eigenvalue weighted by atomic mass is 10.1. The standard InChI is InChI=1S/C40H52N3S2/c1-6-8-9-16-35(3)18-19-36-20-25-38(26-21-36)41(4)30-12-14-33-44-45-34-15-13-31-42(5)39-27-22-37(23-28-39)24-29-40-17-10-11-32-43(40)7-2/h6,8-11,16-29,32H,1,7,12-15,30-31,33-34H2,2-5H3/q+1/b9-8-,19-18+,35-16+. The lowest BCUT2D eigenvalue weighted by Gasteiger charge is -2.19. The van der Waals surface area contributed by atoms with Crippen LogP contribution in [0, 0.1) is 0 Å². The molecule has 3 rings (SSSR count). The molecule has 0 atom stereocenters. The number of nitrogens with zero attached hydrogens (tertiary/aromatic N) is 3. The summed E-state index contributed by atoms with van der Waals surface area (Å²) in [7, 11) is 8.47. The van der Waals surface area contributed by atoms with Crippen LogP contribution in [0.4, 0.5) is 11.4 Å². The van der Waals surface area contributed by atoms with Crippen molar-refractivity contribution in [2.24, 2.45) is 0 Å². The summed E-state index contributed by atoms with van der Waals surface area (Å²) in [5.74, 6) is 2.45. The quantitative estimate of drug-likeness (QED) is 0.0527. The fourth-order valence-electron chi connectivity index (χ4n) is 4.76. The molecule has 0 aliphatic carbocycles. The first kappa shape index (κ1) is 36.1. The Morgan fingerprint density at radius 3 is 1.87 bits per heavy atom. The van der Waals surface area contributed by atoms with E-state index < -0.39 is 0 Å². The number of allylic oxidation sites excluding steroid dienone is 6. The average molecular weight is 639 g/mol. The summed E-state index contributed by atoms with van der Waals surface area (Å²) >= 11 is 0. The maximum atomic E-state index is 3.70. The third kappa shape index (κ3) is 14.1. The first-order chi connectivity index (χ1) is 22.0. The van der Waals surface area contributed by atoms with E-state index in [9.17, 15) is 0 Å². The molecule has 0 unspecified atom stereocenters. The lowest BCUT2D eigenvalue weighted by Crippen LogP contribution is -2.34. The summed E-state index contributed by atoms with van der Waals surface area (Å²) in [6.07, 6.45) is 23.6. The summed E-state index contributed by atoms with van der Waals surface area (Å²) in [5.41, 5.74) is 7.45. The molecule has 0 radical (unpaired) electrons. The summed E-state index contributed by atoms with van der Waals surface area (Å²) in [4.78, 5) is 4.74. The van der Waals surface area contributed by atoms with Crippen molar-refractivity contribution < 1.29 is 4.57 Å². The molecule has 5 heteroatoms. The van der Waals surface area contributed by atoms with Crippen LogP contribution >= 0.6 is 21.6 Å². The largest absolute Gasteiger partial charge is 0.375 e. The van der Waals surface area contributed by atoms with E-state index in [4.69, 9.17) is 0 Å². The van der Waals surface area contributed by atoms with Crippen LogP contribution in [0.2, 0.25) is 0 Å². The number of hydrogen-bond donors (Lipinski definition) is 0. The number of pyridine rings is 1. The number of aryl methyl sites for hydroxylation is 1. The molecule has 0 fully saturated rings. The Balaban J connectivity index is 1.23. The Morgan fingerprint density at radius 2 is 1.31 bits per heavy atom. The summed E-state index contributed by atoms with van der Waals surface area (Å²) in [6.45, 7) is 11.1. The van der Waals surface area contributed by atoms with Crippen molar-refractivity contribution in [2.75, 3.05) is 48.5 Å². The minimum Gasteiger partial charge on any atom is -0.375 e. The lowest BCUT2D eigenvalue weighted by molar-refractivity contribution is -0.695. The van der Waals surface area contributed by atoms with E-state index in [0.29, 0.717) is 0 Å². The molecule has 0 N–H and O–H groups in total. The molecule has 238 valence electrons. The van der Waals surface area contributed by atoms with Crippen LogP contribution in [0.5, 0.6) is 0 Å². The monoisotopic (exact) mass is 638 g/mol. The SMILES string of the molecule is C=C\C=C/C=C(C)/C=C/c1ccc(N(C)CCCCSSCCCCN(C)c2ccc(/C=C/c3cccc[n+]3CC)cc2)cc1. The van der Waals surface area contributed by atoms with Gasteiger partial charge in [0, 0.05) is 68.3 Å². The van der Waals surface area contributed by atoms with E-state index in [1.54, 1.807) is 6.08 Å². The molecule has 0 amide bonds. The van der Waals surface area contributed by atoms with Gasteiger partial charge in [0.2, 0.25) is 5.69 Å². The number of rotatable bonds is 20. The van der Waals surface area contributed by atoms with Crippen molar-refractivity contribution in [2.45, 2.75) is 46.1 Å². The second kappa shape index (κ2) is 21.3. The molecular weight excluding hydrogens is 587 g/mol. The number of hydrogen-bond acceptors (Lipinski definition) is 4. The number of anilines is 2. The molecule has 0 aliphatic heterocycles. The van der Waals surface area contributed by atoms with Crippen molar-refractivity contribution in [3.63, 3.8) is 0 Å². The predicted octanol–water partition coefficient (Wildman–Crippen LogP) is 10.4. The molecule has 2 aromatic carbocycles. The molecule has 0 spiro atoms. The van der Waals surface area contributed by atoms with Crippen LogP contribution in [0.3, 0.4) is 0 Å². The fraction of sp³-hybridized carbons (Fsp3) is 0.325. The number of aromatic nitrogens is 1. The van der Waals surface area contributed by atoms with Gasteiger partial charge in [0.05, 0.1) is 0 Å². The van der Waals surface area contributed by atoms with Crippen LogP contribution in [-0.4, -0.2) is 38.7 Å². The van der Waals surface area contributed by atoms with Crippen LogP contribution in [0.25, 0.3) is 18.2 Å². The second-order valence-electron chi connectivity index (χ2n) is 11.2. The summed E-state index contributed by atoms with van der Waals surface area (Å²) in [5, 5.41) is 0. The van der Waals surface area contributed by atoms with E-state index in [0.717, 1.165) is 19.6 Å². The highest BCUT2D eigenvalue weighted by molar-refractivity contribution is 8.76. The maximum absolute atomic E-state index is 3.70. The molecule has 0 saturated carbocycles. The van der Waals surface area contributed by atoms with Gasteiger partial charge in [-0.1, -0.05) is 94.5 Å². The van der Waals surface area contributed by atoms with E-state index in [1.807, 2.05) is 33.7 Å². The molecule has 3 nitrogen and oxygen atoms in total. The molecule has 1 heterocycles. The zero-order valence-electron chi connectivity index (χ0n) is 27.8. The normalized spacial score (nSPS) is 12.0. The van der Waals surface area contributed by atoms with Gasteiger partial charge >= 0.3 is 0 Å². The van der Waals surface area contributed by atoms with Gasteiger partial charge in [0.15, 0.2) is 6.20 Å². The van der Waals surface area contributed by atoms with Gasteiger partial charge in [0.1, 0.15) is 6.54 Å². The Kier molecular flexibility index (Phi) is 17.1. The Morgan fingerprint density at radius 1 is 0.733 bits per heavy atom. The van der Waals surface area contributed by atoms with E-state index in [1.165, 1.54) is 71.0 Å². The first-order valence-electron chi connectivity index (χ1n) is 16.2. The fourth-order valence-corrected chi connectivity index (χ4v) is 7.05. The number of benzene rings is 2. The molecule has 3 aromatic rings. The second-order valence-corrected chi connectivity index (χ2v) is 13.9. The van der Waals surface area contributed by atoms with Crippen LogP contribution in [0.1, 0.15) is 56.4 Å². The van der Waals surface area contributed by atoms with Crippen LogP contribution in [-0.2, 0) is 6.54 Å². The van der Waals surface area contributed by atoms with E-state index in [-0.39, 0.29) is 0 Å². The van der Waals surface area contributed by atoms with E-state index >= 15 is 0 Å². The highest BCUT2D eigenvalue weighted by Crippen LogP contribution is 2.24. The maximum Gasteiger partial charge on any atom is 0.205 e. The Labute approximate surface area is 281 Å². The Hall–Kier alpha value is -3.41. The summed E-state index contributed by atoms with van der Waals surface area (Å²) in [6, 6.07) is 24.1. The minimum absolute atomic E-state index is 0.975. The van der Waals surface area contributed by atoms with Crippen molar-refractivity contribution >= 4 is 51.2 Å². The average Bonchev–Trinajstić information content (AvgIpc) is 3.07. The molecule has 0 aliphatic rings. The molecular formula is C40H52N3S2+. The van der Waals surface area contributed by atoms with Crippen molar-refractivity contribution in [3.8, 4) is 0 Å². The molecule has 1 aromatic heterocycles. The van der Waals surface area contributed by atoms with Crippen LogP contribution in [0.15, 0.2) is 115 Å². The minimum atomic E-state index is 0.975. The third-order valence-corrected chi connectivity index (χ3v) is 10.2. The smallest absolute Gasteiger partial charge is 0.205 e. The molecule has 0 saturated heterocycles. The number of unbranched alkanes of at least 4 members (excludes halogenated alkanes) is 2. The van der Waals surface area contributed by atoms with Gasteiger partial charge in [-0.2, -0.15) is 4.57 Å². The van der Waals surface area contributed by atoms with Gasteiger partial charge in [-0.15, -0.1) is 0 Å². The zero-order chi connectivity index (χ0) is 32.1. The first-order valence-corrected chi connectivity index (χ1v) is 18.7. The zero-order valence-corrected chi connectivity index (χ0v) is 29.4. The highest BCUT2D eigenvalue weighted by Gasteiger charge is 2.04. The Bertz CT molecular complexity index is 1390. The van der Waals surface area contributed by atoms with Crippen LogP contribution < -0.4 is 14.4 Å². The topological polar surface area (TPSA) is 10.4 Å². The van der Waals surface area contributed by atoms with Crippen molar-refractivity contribution in [1.29, 1.82) is 0 Å². The van der Waals surface area contributed by atoms with Gasteiger partial charge in [0.25, 0.3) is 0 Å². The molecule has 0 bridgehead atoms. The summed E-state index contributed by atoms with van der Waals surface area (Å²) < 4.78 is 2.25. The highest BCUT2D eigenvalue weighted by atomic mass is 33.1. The van der Waals surface area contributed by atoms with Gasteiger partial charge in [-0.05, 0) is 87.1 Å². The van der Waals surface area contributed by atoms with Gasteiger partial charge < -0.3 is 9.80 Å². The molecule has 45 heavy (non-hydrogen) atoms. The van der Waals surface area contributed by atoms with Crippen molar-refractivity contribution in [1.82, 2.24) is 0 Å². The predicted molar refractivity (Wildman–Crippen MR) is 206 cm³/mol. The third-order valence-electron chi connectivity index (χ3n) is 7.60.